The molecule has 1 atom stereocenters. The second kappa shape index (κ2) is 6.49. The van der Waals surface area contributed by atoms with Crippen LogP contribution < -0.4 is 0 Å². The zero-order valence-corrected chi connectivity index (χ0v) is 12.9. The Morgan fingerprint density at radius 3 is 2.80 bits per heavy atom. The van der Waals surface area contributed by atoms with E-state index >= 15 is 0 Å². The predicted octanol–water partition coefficient (Wildman–Crippen LogP) is 3.94. The first-order valence-electron chi connectivity index (χ1n) is 7.27. The molecule has 1 heterocycles. The first kappa shape index (κ1) is 15.2. The van der Waals surface area contributed by atoms with Crippen LogP contribution in [0.4, 0.5) is 0 Å². The van der Waals surface area contributed by atoms with E-state index in [0.717, 1.165) is 25.9 Å². The molecule has 0 saturated carbocycles. The molecule has 1 aliphatic rings. The zero-order valence-electron chi connectivity index (χ0n) is 12.1. The van der Waals surface area contributed by atoms with Gasteiger partial charge in [0.25, 0.3) is 5.91 Å². The first-order valence-corrected chi connectivity index (χ1v) is 7.64. The van der Waals surface area contributed by atoms with Crippen LogP contribution in [0.2, 0.25) is 5.02 Å². The molecule has 1 aromatic carbocycles. The summed E-state index contributed by atoms with van der Waals surface area (Å²) in [6.45, 7) is 6.00. The van der Waals surface area contributed by atoms with Crippen LogP contribution in [0.25, 0.3) is 0 Å². The van der Waals surface area contributed by atoms with Crippen LogP contribution in [0.1, 0.15) is 43.5 Å². The van der Waals surface area contributed by atoms with Gasteiger partial charge in [0.1, 0.15) is 5.75 Å². The molecule has 0 radical (unpaired) electrons. The number of nitrogens with zero attached hydrogens (tertiary/aromatic N) is 1. The number of aromatic hydroxyl groups is 1. The van der Waals surface area contributed by atoms with Gasteiger partial charge in [-0.15, -0.1) is 0 Å². The van der Waals surface area contributed by atoms with Crippen molar-refractivity contribution in [3.8, 4) is 5.75 Å². The maximum absolute atomic E-state index is 12.5. The number of carbonyl (C=O) groups is 1. The third-order valence-corrected chi connectivity index (χ3v) is 4.43. The second-order valence-electron chi connectivity index (χ2n) is 5.89. The van der Waals surface area contributed by atoms with E-state index in [1.807, 2.05) is 4.90 Å². The van der Waals surface area contributed by atoms with Crippen molar-refractivity contribution < 1.29 is 9.90 Å². The molecular weight excluding hydrogens is 274 g/mol. The molecule has 0 bridgehead atoms. The van der Waals surface area contributed by atoms with Gasteiger partial charge < -0.3 is 10.0 Å². The van der Waals surface area contributed by atoms with E-state index in [1.54, 1.807) is 12.1 Å². The summed E-state index contributed by atoms with van der Waals surface area (Å²) in [5.41, 5.74) is 0.306. The van der Waals surface area contributed by atoms with E-state index in [2.05, 4.69) is 13.8 Å². The van der Waals surface area contributed by atoms with Crippen LogP contribution in [0.3, 0.4) is 0 Å². The topological polar surface area (TPSA) is 40.5 Å². The average molecular weight is 296 g/mol. The van der Waals surface area contributed by atoms with E-state index in [1.165, 1.54) is 12.5 Å². The summed E-state index contributed by atoms with van der Waals surface area (Å²) >= 11 is 5.91. The number of halogens is 1. The molecule has 1 N–H and O–H groups in total. The Balaban J connectivity index is 2.11. The van der Waals surface area contributed by atoms with Crippen molar-refractivity contribution in [1.29, 1.82) is 0 Å². The van der Waals surface area contributed by atoms with E-state index in [4.69, 9.17) is 11.6 Å². The van der Waals surface area contributed by atoms with Gasteiger partial charge in [-0.05, 0) is 49.3 Å². The molecule has 1 unspecified atom stereocenters. The van der Waals surface area contributed by atoms with Crippen molar-refractivity contribution in [1.82, 2.24) is 4.90 Å². The highest BCUT2D eigenvalue weighted by atomic mass is 35.5. The van der Waals surface area contributed by atoms with Gasteiger partial charge in [0.05, 0.1) is 5.56 Å². The minimum Gasteiger partial charge on any atom is -0.507 e. The number of likely N-dealkylation sites (tertiary alicyclic amines) is 1. The molecule has 110 valence electrons. The van der Waals surface area contributed by atoms with Crippen molar-refractivity contribution >= 4 is 17.5 Å². The van der Waals surface area contributed by atoms with Crippen LogP contribution in [-0.4, -0.2) is 29.0 Å². The minimum absolute atomic E-state index is 0.00376. The smallest absolute Gasteiger partial charge is 0.257 e. The number of rotatable bonds is 2. The second-order valence-corrected chi connectivity index (χ2v) is 6.33. The van der Waals surface area contributed by atoms with Gasteiger partial charge in [-0.2, -0.15) is 0 Å². The fraction of sp³-hybridized carbons (Fsp3) is 0.562. The number of benzene rings is 1. The van der Waals surface area contributed by atoms with Gasteiger partial charge in [-0.3, -0.25) is 4.79 Å². The van der Waals surface area contributed by atoms with Crippen molar-refractivity contribution in [2.75, 3.05) is 13.1 Å². The lowest BCUT2D eigenvalue weighted by atomic mass is 9.89. The molecule has 3 nitrogen and oxygen atoms in total. The van der Waals surface area contributed by atoms with E-state index in [-0.39, 0.29) is 11.7 Å². The molecule has 0 spiro atoms. The molecule has 1 aliphatic heterocycles. The molecule has 20 heavy (non-hydrogen) atoms. The van der Waals surface area contributed by atoms with Crippen LogP contribution in [0.15, 0.2) is 18.2 Å². The third kappa shape index (κ3) is 3.45. The summed E-state index contributed by atoms with van der Waals surface area (Å²) in [4.78, 5) is 14.4. The summed E-state index contributed by atoms with van der Waals surface area (Å²) in [5, 5.41) is 10.3. The van der Waals surface area contributed by atoms with Gasteiger partial charge in [-0.1, -0.05) is 25.4 Å². The number of phenols is 1. The van der Waals surface area contributed by atoms with Crippen molar-refractivity contribution in [2.45, 2.75) is 33.1 Å². The predicted molar refractivity (Wildman–Crippen MR) is 81.2 cm³/mol. The highest BCUT2D eigenvalue weighted by Crippen LogP contribution is 2.27. The molecular formula is C16H22ClNO2. The summed E-state index contributed by atoms with van der Waals surface area (Å²) in [6, 6.07) is 4.61. The average Bonchev–Trinajstić information content (AvgIpc) is 2.66. The van der Waals surface area contributed by atoms with E-state index in [9.17, 15) is 9.90 Å². The minimum atomic E-state index is -0.116. The van der Waals surface area contributed by atoms with Crippen molar-refractivity contribution in [3.63, 3.8) is 0 Å². The maximum Gasteiger partial charge on any atom is 0.257 e. The molecule has 1 amide bonds. The Morgan fingerprint density at radius 2 is 2.10 bits per heavy atom. The normalized spacial score (nSPS) is 20.0. The lowest BCUT2D eigenvalue weighted by Gasteiger charge is -2.22. The number of phenolic OH excluding ortho intramolecular Hbond substituents is 1. The molecule has 1 saturated heterocycles. The Kier molecular flexibility index (Phi) is 4.92. The lowest BCUT2D eigenvalue weighted by Crippen LogP contribution is -2.32. The van der Waals surface area contributed by atoms with Crippen LogP contribution >= 0.6 is 11.6 Å². The summed E-state index contributed by atoms with van der Waals surface area (Å²) in [6.07, 6.45) is 3.23. The van der Waals surface area contributed by atoms with Gasteiger partial charge >= 0.3 is 0 Å². The summed E-state index contributed by atoms with van der Waals surface area (Å²) in [7, 11) is 0. The summed E-state index contributed by atoms with van der Waals surface area (Å²) < 4.78 is 0. The highest BCUT2D eigenvalue weighted by Gasteiger charge is 2.24. The molecule has 2 rings (SSSR count). The SMILES string of the molecule is CC(C)C1CCCN(C(=O)c2cc(Cl)ccc2O)CC1. The Hall–Kier alpha value is -1.22. The maximum atomic E-state index is 12.5. The Labute approximate surface area is 125 Å². The van der Waals surface area contributed by atoms with Crippen molar-refractivity contribution in [3.05, 3.63) is 28.8 Å². The number of amides is 1. The number of hydrogen-bond acceptors (Lipinski definition) is 2. The Bertz CT molecular complexity index is 487. The van der Waals surface area contributed by atoms with Gasteiger partial charge in [0, 0.05) is 18.1 Å². The molecule has 0 aliphatic carbocycles. The number of carbonyl (C=O) groups excluding carboxylic acids is 1. The summed E-state index contributed by atoms with van der Waals surface area (Å²) in [5.74, 6) is 1.23. The monoisotopic (exact) mass is 295 g/mol. The molecule has 4 heteroatoms. The van der Waals surface area contributed by atoms with Crippen LogP contribution in [0, 0.1) is 11.8 Å². The van der Waals surface area contributed by atoms with Crippen molar-refractivity contribution in [2.24, 2.45) is 11.8 Å². The zero-order chi connectivity index (χ0) is 14.7. The largest absolute Gasteiger partial charge is 0.507 e. The molecule has 0 aromatic heterocycles. The van der Waals surface area contributed by atoms with Gasteiger partial charge in [-0.25, -0.2) is 0 Å². The van der Waals surface area contributed by atoms with Gasteiger partial charge in [0.15, 0.2) is 0 Å². The van der Waals surface area contributed by atoms with Crippen LogP contribution in [-0.2, 0) is 0 Å². The Morgan fingerprint density at radius 1 is 1.35 bits per heavy atom. The first-order chi connectivity index (χ1) is 9.49. The highest BCUT2D eigenvalue weighted by molar-refractivity contribution is 6.31. The standard InChI is InChI=1S/C16H22ClNO2/c1-11(2)12-4-3-8-18(9-7-12)16(20)14-10-13(17)5-6-15(14)19/h5-6,10-12,19H,3-4,7-9H2,1-2H3. The van der Waals surface area contributed by atoms with E-state index < -0.39 is 0 Å². The van der Waals surface area contributed by atoms with Crippen LogP contribution in [0.5, 0.6) is 5.75 Å². The fourth-order valence-electron chi connectivity index (χ4n) is 2.84. The fourth-order valence-corrected chi connectivity index (χ4v) is 3.01. The molecule has 1 aromatic rings. The number of hydrogen-bond donors (Lipinski definition) is 1. The van der Waals surface area contributed by atoms with Gasteiger partial charge in [0.2, 0.25) is 0 Å². The quantitative estimate of drug-likeness (QED) is 0.897. The van der Waals surface area contributed by atoms with E-state index in [0.29, 0.717) is 22.4 Å². The third-order valence-electron chi connectivity index (χ3n) is 4.19. The molecule has 1 fully saturated rings. The lowest BCUT2D eigenvalue weighted by molar-refractivity contribution is 0.0756.